The lowest BCUT2D eigenvalue weighted by Crippen LogP contribution is -1.94. The van der Waals surface area contributed by atoms with Crippen LogP contribution in [0.3, 0.4) is 0 Å². The molecule has 0 aromatic carbocycles. The van der Waals surface area contributed by atoms with E-state index in [0.29, 0.717) is 6.42 Å². The van der Waals surface area contributed by atoms with Gasteiger partial charge in [-0.2, -0.15) is 0 Å². The van der Waals surface area contributed by atoms with Gasteiger partial charge in [-0.3, -0.25) is 0 Å². The zero-order chi connectivity index (χ0) is 5.70. The molecule has 0 saturated heterocycles. The van der Waals surface area contributed by atoms with Crippen molar-refractivity contribution in [1.82, 2.24) is 0 Å². The van der Waals surface area contributed by atoms with Gasteiger partial charge >= 0.3 is 0 Å². The molecule has 0 aromatic rings. The third kappa shape index (κ3) is 3.80. The number of alkyl halides is 1. The maximum absolute atomic E-state index is 6.63. The van der Waals surface area contributed by atoms with E-state index >= 15 is 0 Å². The molecule has 2 heteroatoms. The van der Waals surface area contributed by atoms with Crippen LogP contribution >= 0.6 is 11.6 Å². The first-order valence-corrected chi connectivity index (χ1v) is 2.88. The summed E-state index contributed by atoms with van der Waals surface area (Å²) in [5.41, 5.74) is 0. The van der Waals surface area contributed by atoms with Gasteiger partial charge in [0.1, 0.15) is 0 Å². The molecule has 0 aliphatic rings. The van der Waals surface area contributed by atoms with Crippen LogP contribution in [0.5, 0.6) is 0 Å². The molecule has 0 heterocycles. The van der Waals surface area contributed by atoms with Crippen molar-refractivity contribution < 1.29 is 0 Å². The van der Waals surface area contributed by atoms with Crippen LogP contribution in [0.1, 0.15) is 19.8 Å². The Hall–Kier alpha value is -0.0400. The Balaban J connectivity index is 2.98. The van der Waals surface area contributed by atoms with E-state index in [4.69, 9.17) is 17.0 Å². The lowest BCUT2D eigenvalue weighted by atomic mass is 10.3. The van der Waals surface area contributed by atoms with Crippen LogP contribution in [0.25, 0.3) is 0 Å². The lowest BCUT2D eigenvalue weighted by molar-refractivity contribution is 0.851. The molecular weight excluding hydrogens is 110 g/mol. The monoisotopic (exact) mass is 119 g/mol. The summed E-state index contributed by atoms with van der Waals surface area (Å²) in [6.07, 6.45) is 3.01. The molecule has 7 heavy (non-hydrogen) atoms. The molecule has 0 bridgehead atoms. The van der Waals surface area contributed by atoms with Crippen LogP contribution in [0, 0.1) is 5.41 Å². The number of hydrogen-bond acceptors (Lipinski definition) is 1. The Labute approximate surface area is 49.2 Å². The topological polar surface area (TPSA) is 23.9 Å². The summed E-state index contributed by atoms with van der Waals surface area (Å²) in [6.45, 7) is 2.02. The smallest absolute Gasteiger partial charge is 0.0382 e. The van der Waals surface area contributed by atoms with E-state index in [9.17, 15) is 0 Å². The molecule has 1 atom stereocenters. The maximum Gasteiger partial charge on any atom is 0.0382 e. The van der Waals surface area contributed by atoms with Crippen molar-refractivity contribution in [2.45, 2.75) is 25.1 Å². The van der Waals surface area contributed by atoms with Crippen LogP contribution in [-0.4, -0.2) is 11.6 Å². The molecule has 1 nitrogen and oxygen atoms in total. The molecule has 0 aliphatic heterocycles. The summed E-state index contributed by atoms with van der Waals surface area (Å²) in [7, 11) is 0. The van der Waals surface area contributed by atoms with Crippen molar-refractivity contribution in [3.05, 3.63) is 0 Å². The first-order valence-electron chi connectivity index (χ1n) is 2.44. The quantitative estimate of drug-likeness (QED) is 0.434. The average molecular weight is 120 g/mol. The van der Waals surface area contributed by atoms with E-state index < -0.39 is 0 Å². The van der Waals surface area contributed by atoms with Gasteiger partial charge in [-0.25, -0.2) is 0 Å². The second-order valence-electron chi connectivity index (χ2n) is 1.45. The van der Waals surface area contributed by atoms with Crippen molar-refractivity contribution in [1.29, 1.82) is 5.41 Å². The van der Waals surface area contributed by atoms with Crippen LogP contribution in [-0.2, 0) is 0 Å². The Morgan fingerprint density at radius 2 is 2.43 bits per heavy atom. The van der Waals surface area contributed by atoms with Crippen molar-refractivity contribution in [3.8, 4) is 0 Å². The van der Waals surface area contributed by atoms with Gasteiger partial charge in [0.25, 0.3) is 0 Å². The lowest BCUT2D eigenvalue weighted by Gasteiger charge is -1.96. The summed E-state index contributed by atoms with van der Waals surface area (Å²) in [6, 6.07) is 0. The van der Waals surface area contributed by atoms with Crippen molar-refractivity contribution in [2.24, 2.45) is 0 Å². The van der Waals surface area contributed by atoms with Gasteiger partial charge in [0.15, 0.2) is 0 Å². The van der Waals surface area contributed by atoms with Gasteiger partial charge in [-0.1, -0.05) is 6.92 Å². The molecule has 0 aromatic heterocycles. The molecule has 0 radical (unpaired) electrons. The highest BCUT2D eigenvalue weighted by Gasteiger charge is 1.94. The number of nitrogens with one attached hydrogen (secondary N) is 1. The van der Waals surface area contributed by atoms with Gasteiger partial charge in [-0.05, 0) is 19.1 Å². The van der Waals surface area contributed by atoms with Gasteiger partial charge in [0.05, 0.1) is 0 Å². The van der Waals surface area contributed by atoms with Crippen molar-refractivity contribution >= 4 is 17.8 Å². The number of rotatable bonds is 3. The summed E-state index contributed by atoms with van der Waals surface area (Å²) in [4.78, 5) is 0. The average Bonchev–Trinajstić information content (AvgIpc) is 1.68. The highest BCUT2D eigenvalue weighted by Crippen LogP contribution is 2.02. The fourth-order valence-electron chi connectivity index (χ4n) is 0.295. The van der Waals surface area contributed by atoms with Gasteiger partial charge in [-0.15, -0.1) is 11.6 Å². The zero-order valence-electron chi connectivity index (χ0n) is 4.45. The Morgan fingerprint density at radius 3 is 2.57 bits per heavy atom. The minimum absolute atomic E-state index is 0.178. The van der Waals surface area contributed by atoms with Gasteiger partial charge in [0.2, 0.25) is 0 Å². The molecule has 0 spiro atoms. The van der Waals surface area contributed by atoms with Crippen molar-refractivity contribution in [2.75, 3.05) is 0 Å². The largest absolute Gasteiger partial charge is 0.313 e. The van der Waals surface area contributed by atoms with Gasteiger partial charge < -0.3 is 5.41 Å². The second kappa shape index (κ2) is 4.13. The molecule has 0 saturated carbocycles. The van der Waals surface area contributed by atoms with E-state index in [1.807, 2.05) is 6.92 Å². The first kappa shape index (κ1) is 6.96. The normalized spacial score (nSPS) is 13.4. The minimum atomic E-state index is 0.178. The SMILES string of the molecule is CCC(Cl)CC=N. The van der Waals surface area contributed by atoms with Crippen LogP contribution in [0.2, 0.25) is 0 Å². The zero-order valence-corrected chi connectivity index (χ0v) is 5.20. The van der Waals surface area contributed by atoms with Crippen molar-refractivity contribution in [3.63, 3.8) is 0 Å². The highest BCUT2D eigenvalue weighted by atomic mass is 35.5. The predicted molar refractivity (Wildman–Crippen MR) is 33.3 cm³/mol. The summed E-state index contributed by atoms with van der Waals surface area (Å²) >= 11 is 5.61. The summed E-state index contributed by atoms with van der Waals surface area (Å²) in [5, 5.41) is 6.81. The molecule has 0 rings (SSSR count). The molecule has 1 N–H and O–H groups in total. The second-order valence-corrected chi connectivity index (χ2v) is 2.06. The van der Waals surface area contributed by atoms with Gasteiger partial charge in [0, 0.05) is 5.38 Å². The van der Waals surface area contributed by atoms with E-state index in [1.165, 1.54) is 6.21 Å². The Kier molecular flexibility index (Phi) is 4.10. The molecular formula is C5H10ClN. The van der Waals surface area contributed by atoms with Crippen LogP contribution in [0.15, 0.2) is 0 Å². The van der Waals surface area contributed by atoms with E-state index in [-0.39, 0.29) is 5.38 Å². The number of halogens is 1. The molecule has 0 aliphatic carbocycles. The fraction of sp³-hybridized carbons (Fsp3) is 0.800. The van der Waals surface area contributed by atoms with E-state index in [2.05, 4.69) is 0 Å². The third-order valence-electron chi connectivity index (χ3n) is 0.817. The predicted octanol–water partition coefficient (Wildman–Crippen LogP) is 2.04. The van der Waals surface area contributed by atoms with Crippen LogP contribution in [0.4, 0.5) is 0 Å². The van der Waals surface area contributed by atoms with Crippen LogP contribution < -0.4 is 0 Å². The van der Waals surface area contributed by atoms with E-state index in [0.717, 1.165) is 6.42 Å². The first-order chi connectivity index (χ1) is 3.31. The highest BCUT2D eigenvalue weighted by molar-refractivity contribution is 6.21. The Morgan fingerprint density at radius 1 is 1.86 bits per heavy atom. The third-order valence-corrected chi connectivity index (χ3v) is 1.30. The molecule has 0 fully saturated rings. The summed E-state index contributed by atoms with van der Waals surface area (Å²) < 4.78 is 0. The maximum atomic E-state index is 6.63. The molecule has 42 valence electrons. The van der Waals surface area contributed by atoms with E-state index in [1.54, 1.807) is 0 Å². The molecule has 0 amide bonds. The number of hydrogen-bond donors (Lipinski definition) is 1. The fourth-order valence-corrected chi connectivity index (χ4v) is 0.384. The standard InChI is InChI=1S/C5H10ClN/c1-2-5(6)3-4-7/h4-5,7H,2-3H2,1H3. The Bertz CT molecular complexity index is 54.0. The minimum Gasteiger partial charge on any atom is -0.313 e. The molecule has 1 unspecified atom stereocenters. The summed E-state index contributed by atoms with van der Waals surface area (Å²) in [5.74, 6) is 0.